The SMILES string of the molecule is Cc1ccc(Oc2ccc(NC(=O)CN3C(=O)N[C@](C)(CCC(C)C)C3=O)cc2)cc1. The number of anilines is 1. The third-order valence-electron chi connectivity index (χ3n) is 5.26. The number of carbonyl (C=O) groups is 3. The lowest BCUT2D eigenvalue weighted by Gasteiger charge is -2.22. The van der Waals surface area contributed by atoms with Gasteiger partial charge in [-0.3, -0.25) is 14.5 Å². The van der Waals surface area contributed by atoms with Gasteiger partial charge in [-0.25, -0.2) is 4.79 Å². The Hall–Kier alpha value is -3.35. The normalized spacial score (nSPS) is 18.3. The van der Waals surface area contributed by atoms with Gasteiger partial charge in [0.15, 0.2) is 0 Å². The minimum atomic E-state index is -0.962. The molecule has 2 aromatic rings. The van der Waals surface area contributed by atoms with E-state index in [1.54, 1.807) is 31.2 Å². The number of urea groups is 1. The van der Waals surface area contributed by atoms with Crippen molar-refractivity contribution in [1.82, 2.24) is 10.2 Å². The van der Waals surface area contributed by atoms with Crippen LogP contribution in [0.25, 0.3) is 0 Å². The Balaban J connectivity index is 1.56. The van der Waals surface area contributed by atoms with E-state index in [1.807, 2.05) is 31.2 Å². The Morgan fingerprint density at radius 3 is 2.23 bits per heavy atom. The first-order valence-electron chi connectivity index (χ1n) is 10.4. The Bertz CT molecular complexity index is 954. The summed E-state index contributed by atoms with van der Waals surface area (Å²) in [5.41, 5.74) is 0.739. The van der Waals surface area contributed by atoms with E-state index in [1.165, 1.54) is 0 Å². The minimum absolute atomic E-state index is 0.330. The lowest BCUT2D eigenvalue weighted by molar-refractivity contribution is -0.133. The van der Waals surface area contributed by atoms with E-state index < -0.39 is 17.5 Å². The van der Waals surface area contributed by atoms with Crippen molar-refractivity contribution < 1.29 is 19.1 Å². The molecule has 2 aromatic carbocycles. The van der Waals surface area contributed by atoms with Gasteiger partial charge in [-0.15, -0.1) is 0 Å². The third-order valence-corrected chi connectivity index (χ3v) is 5.26. The van der Waals surface area contributed by atoms with Crippen LogP contribution in [0.4, 0.5) is 10.5 Å². The summed E-state index contributed by atoms with van der Waals surface area (Å²) in [6, 6.07) is 14.1. The number of nitrogens with zero attached hydrogens (tertiary/aromatic N) is 1. The summed E-state index contributed by atoms with van der Waals surface area (Å²) < 4.78 is 5.77. The average Bonchev–Trinajstić information content (AvgIpc) is 2.93. The monoisotopic (exact) mass is 423 g/mol. The van der Waals surface area contributed by atoms with Crippen molar-refractivity contribution >= 4 is 23.5 Å². The molecule has 1 heterocycles. The largest absolute Gasteiger partial charge is 0.457 e. The molecule has 4 amide bonds. The van der Waals surface area contributed by atoms with Crippen LogP contribution in [-0.4, -0.2) is 34.8 Å². The number of nitrogens with one attached hydrogen (secondary N) is 2. The molecule has 7 heteroatoms. The average molecular weight is 424 g/mol. The number of hydrogen-bond acceptors (Lipinski definition) is 4. The molecule has 31 heavy (non-hydrogen) atoms. The van der Waals surface area contributed by atoms with Gasteiger partial charge in [0.1, 0.15) is 23.6 Å². The van der Waals surface area contributed by atoms with Crippen molar-refractivity contribution in [1.29, 1.82) is 0 Å². The van der Waals surface area contributed by atoms with Crippen LogP contribution in [-0.2, 0) is 9.59 Å². The predicted molar refractivity (Wildman–Crippen MR) is 119 cm³/mol. The molecule has 164 valence electrons. The molecule has 2 N–H and O–H groups in total. The van der Waals surface area contributed by atoms with E-state index in [9.17, 15) is 14.4 Å². The van der Waals surface area contributed by atoms with E-state index in [-0.39, 0.29) is 12.5 Å². The van der Waals surface area contributed by atoms with Gasteiger partial charge in [0.2, 0.25) is 5.91 Å². The molecule has 0 bridgehead atoms. The van der Waals surface area contributed by atoms with Crippen molar-refractivity contribution in [2.75, 3.05) is 11.9 Å². The number of hydrogen-bond donors (Lipinski definition) is 2. The molecule has 0 unspecified atom stereocenters. The van der Waals surface area contributed by atoms with Gasteiger partial charge in [-0.2, -0.15) is 0 Å². The molecule has 0 aliphatic carbocycles. The summed E-state index contributed by atoms with van der Waals surface area (Å²) in [5, 5.41) is 5.45. The number of amides is 4. The van der Waals surface area contributed by atoms with Crippen LogP contribution in [0, 0.1) is 12.8 Å². The predicted octanol–water partition coefficient (Wildman–Crippen LogP) is 4.47. The molecule has 1 aliphatic rings. The number of aryl methyl sites for hydroxylation is 1. The van der Waals surface area contributed by atoms with Crippen LogP contribution < -0.4 is 15.4 Å². The van der Waals surface area contributed by atoms with Crippen molar-refractivity contribution in [2.24, 2.45) is 5.92 Å². The van der Waals surface area contributed by atoms with Gasteiger partial charge >= 0.3 is 6.03 Å². The van der Waals surface area contributed by atoms with E-state index in [0.29, 0.717) is 23.8 Å². The molecule has 7 nitrogen and oxygen atoms in total. The molecule has 0 saturated carbocycles. The summed E-state index contributed by atoms with van der Waals surface area (Å²) in [4.78, 5) is 38.4. The molecule has 1 atom stereocenters. The zero-order chi connectivity index (χ0) is 22.6. The maximum absolute atomic E-state index is 12.7. The standard InChI is InChI=1S/C24H29N3O4/c1-16(2)13-14-24(4)22(29)27(23(30)26-24)15-21(28)25-18-7-11-20(12-8-18)31-19-9-5-17(3)6-10-19/h5-12,16H,13-15H2,1-4H3,(H,25,28)(H,26,30)/t24-/m1/s1. The van der Waals surface area contributed by atoms with Gasteiger partial charge in [0, 0.05) is 5.69 Å². The highest BCUT2D eigenvalue weighted by atomic mass is 16.5. The fraction of sp³-hybridized carbons (Fsp3) is 0.375. The Morgan fingerprint density at radius 1 is 1.06 bits per heavy atom. The third kappa shape index (κ3) is 5.63. The lowest BCUT2D eigenvalue weighted by Crippen LogP contribution is -2.44. The Kier molecular flexibility index (Phi) is 6.63. The van der Waals surface area contributed by atoms with Crippen LogP contribution in [0.3, 0.4) is 0 Å². The number of ether oxygens (including phenoxy) is 1. The second-order valence-corrected chi connectivity index (χ2v) is 8.57. The van der Waals surface area contributed by atoms with Crippen LogP contribution in [0.5, 0.6) is 11.5 Å². The van der Waals surface area contributed by atoms with Crippen molar-refractivity contribution in [3.05, 3.63) is 54.1 Å². The minimum Gasteiger partial charge on any atom is -0.457 e. The van der Waals surface area contributed by atoms with Crippen LogP contribution in [0.15, 0.2) is 48.5 Å². The first kappa shape index (κ1) is 22.3. The molecule has 1 fully saturated rings. The van der Waals surface area contributed by atoms with E-state index in [2.05, 4.69) is 24.5 Å². The second kappa shape index (κ2) is 9.20. The molecular weight excluding hydrogens is 394 g/mol. The lowest BCUT2D eigenvalue weighted by atomic mass is 9.92. The van der Waals surface area contributed by atoms with Gasteiger partial charge in [-0.05, 0) is 69.0 Å². The van der Waals surface area contributed by atoms with E-state index in [4.69, 9.17) is 4.74 Å². The molecule has 1 aliphatic heterocycles. The number of rotatable bonds is 8. The molecule has 1 saturated heterocycles. The van der Waals surface area contributed by atoms with E-state index >= 15 is 0 Å². The van der Waals surface area contributed by atoms with Crippen LogP contribution >= 0.6 is 0 Å². The number of imide groups is 1. The van der Waals surface area contributed by atoms with Crippen LogP contribution in [0.2, 0.25) is 0 Å². The van der Waals surface area contributed by atoms with Crippen LogP contribution in [0.1, 0.15) is 39.2 Å². The number of benzene rings is 2. The topological polar surface area (TPSA) is 87.7 Å². The first-order chi connectivity index (χ1) is 14.7. The van der Waals surface area contributed by atoms with Gasteiger partial charge in [0.05, 0.1) is 0 Å². The second-order valence-electron chi connectivity index (χ2n) is 8.57. The van der Waals surface area contributed by atoms with E-state index in [0.717, 1.165) is 22.6 Å². The highest BCUT2D eigenvalue weighted by molar-refractivity contribution is 6.09. The van der Waals surface area contributed by atoms with Gasteiger partial charge < -0.3 is 15.4 Å². The van der Waals surface area contributed by atoms with Crippen molar-refractivity contribution in [2.45, 2.75) is 46.1 Å². The Morgan fingerprint density at radius 2 is 1.65 bits per heavy atom. The first-order valence-corrected chi connectivity index (χ1v) is 10.4. The zero-order valence-corrected chi connectivity index (χ0v) is 18.4. The highest BCUT2D eigenvalue weighted by Gasteiger charge is 2.47. The highest BCUT2D eigenvalue weighted by Crippen LogP contribution is 2.25. The van der Waals surface area contributed by atoms with Crippen molar-refractivity contribution in [3.63, 3.8) is 0 Å². The molecule has 0 aromatic heterocycles. The summed E-state index contributed by atoms with van der Waals surface area (Å²) in [6.07, 6.45) is 1.34. The molecule has 3 rings (SSSR count). The maximum Gasteiger partial charge on any atom is 0.325 e. The Labute approximate surface area is 182 Å². The van der Waals surface area contributed by atoms with Crippen molar-refractivity contribution in [3.8, 4) is 11.5 Å². The summed E-state index contributed by atoms with van der Waals surface area (Å²) in [6.45, 7) is 7.51. The number of carbonyl (C=O) groups excluding carboxylic acids is 3. The quantitative estimate of drug-likeness (QED) is 0.613. The molecular formula is C24H29N3O4. The fourth-order valence-electron chi connectivity index (χ4n) is 3.33. The zero-order valence-electron chi connectivity index (χ0n) is 18.4. The smallest absolute Gasteiger partial charge is 0.325 e. The fourth-order valence-corrected chi connectivity index (χ4v) is 3.33. The molecule has 0 radical (unpaired) electrons. The summed E-state index contributed by atoms with van der Waals surface area (Å²) in [5.74, 6) is 0.967. The maximum atomic E-state index is 12.7. The summed E-state index contributed by atoms with van der Waals surface area (Å²) >= 11 is 0. The van der Waals surface area contributed by atoms with Gasteiger partial charge in [0.25, 0.3) is 5.91 Å². The van der Waals surface area contributed by atoms with Gasteiger partial charge in [-0.1, -0.05) is 31.5 Å². The molecule has 0 spiro atoms. The summed E-state index contributed by atoms with van der Waals surface area (Å²) in [7, 11) is 0.